The minimum absolute atomic E-state index is 0.455. The van der Waals surface area contributed by atoms with Crippen LogP contribution in [-0.4, -0.2) is 42.8 Å². The predicted octanol–water partition coefficient (Wildman–Crippen LogP) is 1.23. The van der Waals surface area contributed by atoms with E-state index in [-0.39, 0.29) is 0 Å². The second-order valence-corrected chi connectivity index (χ2v) is 3.36. The molecule has 1 aliphatic heterocycles. The van der Waals surface area contributed by atoms with E-state index in [0.29, 0.717) is 19.6 Å². The Kier molecular flexibility index (Phi) is 3.18. The van der Waals surface area contributed by atoms with E-state index < -0.39 is 18.3 Å². The van der Waals surface area contributed by atoms with Crippen LogP contribution in [0.4, 0.5) is 13.2 Å². The summed E-state index contributed by atoms with van der Waals surface area (Å²) in [6.07, 6.45) is -4.12. The minimum atomic E-state index is -4.12. The van der Waals surface area contributed by atoms with E-state index in [1.54, 1.807) is 13.8 Å². The van der Waals surface area contributed by atoms with Gasteiger partial charge in [0, 0.05) is 19.1 Å². The SMILES string of the molecule is CCN1CCNC(C)C1C(F)(F)F. The van der Waals surface area contributed by atoms with E-state index in [4.69, 9.17) is 0 Å². The van der Waals surface area contributed by atoms with E-state index in [9.17, 15) is 13.2 Å². The zero-order chi connectivity index (χ0) is 10.1. The molecule has 1 heterocycles. The predicted molar refractivity (Wildman–Crippen MR) is 44.6 cm³/mol. The highest BCUT2D eigenvalue weighted by Gasteiger charge is 2.47. The van der Waals surface area contributed by atoms with Crippen molar-refractivity contribution in [1.82, 2.24) is 10.2 Å². The van der Waals surface area contributed by atoms with Crippen LogP contribution in [0.15, 0.2) is 0 Å². The lowest BCUT2D eigenvalue weighted by Crippen LogP contribution is -2.62. The van der Waals surface area contributed by atoms with Crippen molar-refractivity contribution >= 4 is 0 Å². The van der Waals surface area contributed by atoms with Crippen molar-refractivity contribution in [3.8, 4) is 0 Å². The first-order chi connectivity index (χ1) is 5.96. The maximum absolute atomic E-state index is 12.5. The first-order valence-electron chi connectivity index (χ1n) is 4.51. The highest BCUT2D eigenvalue weighted by molar-refractivity contribution is 4.91. The fourth-order valence-electron chi connectivity index (χ4n) is 1.85. The van der Waals surface area contributed by atoms with Crippen LogP contribution in [0, 0.1) is 0 Å². The van der Waals surface area contributed by atoms with Crippen molar-refractivity contribution in [1.29, 1.82) is 0 Å². The summed E-state index contributed by atoms with van der Waals surface area (Å²) >= 11 is 0. The van der Waals surface area contributed by atoms with Crippen LogP contribution >= 0.6 is 0 Å². The minimum Gasteiger partial charge on any atom is -0.311 e. The summed E-state index contributed by atoms with van der Waals surface area (Å²) in [7, 11) is 0. The Labute approximate surface area is 76.1 Å². The van der Waals surface area contributed by atoms with Crippen molar-refractivity contribution in [3.63, 3.8) is 0 Å². The van der Waals surface area contributed by atoms with E-state index >= 15 is 0 Å². The highest BCUT2D eigenvalue weighted by Crippen LogP contribution is 2.28. The molecule has 2 atom stereocenters. The lowest BCUT2D eigenvalue weighted by molar-refractivity contribution is -0.195. The third kappa shape index (κ3) is 2.34. The number of nitrogens with one attached hydrogen (secondary N) is 1. The molecule has 0 aromatic rings. The number of hydrogen-bond donors (Lipinski definition) is 1. The molecule has 1 N–H and O–H groups in total. The molecule has 1 saturated heterocycles. The standard InChI is InChI=1S/C8H15F3N2/c1-3-13-5-4-12-6(2)7(13)8(9,10)11/h6-7,12H,3-5H2,1-2H3. The van der Waals surface area contributed by atoms with Gasteiger partial charge < -0.3 is 5.32 Å². The van der Waals surface area contributed by atoms with Crippen LogP contribution in [0.5, 0.6) is 0 Å². The molecule has 0 spiro atoms. The molecule has 5 heteroatoms. The summed E-state index contributed by atoms with van der Waals surface area (Å²) < 4.78 is 37.6. The summed E-state index contributed by atoms with van der Waals surface area (Å²) in [5.41, 5.74) is 0. The average molecular weight is 196 g/mol. The summed E-state index contributed by atoms with van der Waals surface area (Å²) in [6.45, 7) is 4.92. The second kappa shape index (κ2) is 3.84. The Morgan fingerprint density at radius 2 is 2.08 bits per heavy atom. The molecule has 13 heavy (non-hydrogen) atoms. The number of hydrogen-bond acceptors (Lipinski definition) is 2. The molecular formula is C8H15F3N2. The van der Waals surface area contributed by atoms with Crippen LogP contribution < -0.4 is 5.32 Å². The summed E-state index contributed by atoms with van der Waals surface area (Å²) in [5.74, 6) is 0. The second-order valence-electron chi connectivity index (χ2n) is 3.36. The van der Waals surface area contributed by atoms with Gasteiger partial charge in [-0.1, -0.05) is 6.92 Å². The van der Waals surface area contributed by atoms with Gasteiger partial charge in [-0.05, 0) is 13.5 Å². The summed E-state index contributed by atoms with van der Waals surface area (Å²) in [4.78, 5) is 1.47. The van der Waals surface area contributed by atoms with Crippen LogP contribution in [-0.2, 0) is 0 Å². The number of piperazine rings is 1. The van der Waals surface area contributed by atoms with Crippen molar-refractivity contribution in [3.05, 3.63) is 0 Å². The van der Waals surface area contributed by atoms with Gasteiger partial charge in [-0.25, -0.2) is 0 Å². The van der Waals surface area contributed by atoms with Gasteiger partial charge in [0.05, 0.1) is 0 Å². The molecule has 1 aliphatic rings. The number of rotatable bonds is 1. The van der Waals surface area contributed by atoms with E-state index in [1.165, 1.54) is 4.90 Å². The normalized spacial score (nSPS) is 32.1. The number of halogens is 3. The van der Waals surface area contributed by atoms with Crippen molar-refractivity contribution in [2.45, 2.75) is 32.1 Å². The molecule has 0 radical (unpaired) electrons. The smallest absolute Gasteiger partial charge is 0.311 e. The third-order valence-electron chi connectivity index (χ3n) is 2.47. The van der Waals surface area contributed by atoms with Crippen LogP contribution in [0.1, 0.15) is 13.8 Å². The third-order valence-corrected chi connectivity index (χ3v) is 2.47. The molecule has 0 saturated carbocycles. The maximum Gasteiger partial charge on any atom is 0.405 e. The van der Waals surface area contributed by atoms with E-state index in [0.717, 1.165) is 0 Å². The van der Waals surface area contributed by atoms with Crippen LogP contribution in [0.3, 0.4) is 0 Å². The molecule has 78 valence electrons. The largest absolute Gasteiger partial charge is 0.405 e. The van der Waals surface area contributed by atoms with Crippen molar-refractivity contribution < 1.29 is 13.2 Å². The summed E-state index contributed by atoms with van der Waals surface area (Å²) in [6, 6.07) is -1.83. The fourth-order valence-corrected chi connectivity index (χ4v) is 1.85. The quantitative estimate of drug-likeness (QED) is 0.678. The topological polar surface area (TPSA) is 15.3 Å². The Hall–Kier alpha value is -0.290. The Morgan fingerprint density at radius 3 is 2.46 bits per heavy atom. The lowest BCUT2D eigenvalue weighted by atomic mass is 10.1. The van der Waals surface area contributed by atoms with Gasteiger partial charge in [-0.15, -0.1) is 0 Å². The molecule has 0 aliphatic carbocycles. The first-order valence-corrected chi connectivity index (χ1v) is 4.51. The number of nitrogens with zero attached hydrogens (tertiary/aromatic N) is 1. The molecule has 1 rings (SSSR count). The maximum atomic E-state index is 12.5. The molecule has 2 unspecified atom stereocenters. The van der Waals surface area contributed by atoms with Gasteiger partial charge in [-0.2, -0.15) is 13.2 Å². The van der Waals surface area contributed by atoms with E-state index in [1.807, 2.05) is 0 Å². The number of likely N-dealkylation sites (N-methyl/N-ethyl adjacent to an activating group) is 1. The van der Waals surface area contributed by atoms with Crippen molar-refractivity contribution in [2.75, 3.05) is 19.6 Å². The molecule has 0 bridgehead atoms. The van der Waals surface area contributed by atoms with E-state index in [2.05, 4.69) is 5.32 Å². The van der Waals surface area contributed by atoms with Gasteiger partial charge in [0.25, 0.3) is 0 Å². The van der Waals surface area contributed by atoms with Gasteiger partial charge in [0.15, 0.2) is 0 Å². The monoisotopic (exact) mass is 196 g/mol. The number of alkyl halides is 3. The zero-order valence-electron chi connectivity index (χ0n) is 7.86. The Bertz CT molecular complexity index is 169. The summed E-state index contributed by atoms with van der Waals surface area (Å²) in [5, 5.41) is 2.84. The van der Waals surface area contributed by atoms with Crippen molar-refractivity contribution in [2.24, 2.45) is 0 Å². The molecule has 0 aromatic carbocycles. The van der Waals surface area contributed by atoms with Crippen LogP contribution in [0.25, 0.3) is 0 Å². The first kappa shape index (κ1) is 10.8. The molecule has 1 fully saturated rings. The average Bonchev–Trinajstić information content (AvgIpc) is 2.01. The van der Waals surface area contributed by atoms with Gasteiger partial charge >= 0.3 is 6.18 Å². The lowest BCUT2D eigenvalue weighted by Gasteiger charge is -2.40. The van der Waals surface area contributed by atoms with Gasteiger partial charge in [-0.3, -0.25) is 4.90 Å². The van der Waals surface area contributed by atoms with Gasteiger partial charge in [0.1, 0.15) is 6.04 Å². The molecule has 2 nitrogen and oxygen atoms in total. The Morgan fingerprint density at radius 1 is 1.46 bits per heavy atom. The van der Waals surface area contributed by atoms with Crippen LogP contribution in [0.2, 0.25) is 0 Å². The molecular weight excluding hydrogens is 181 g/mol. The zero-order valence-corrected chi connectivity index (χ0v) is 7.86. The molecule has 0 amide bonds. The highest BCUT2D eigenvalue weighted by atomic mass is 19.4. The Balaban J connectivity index is 2.73. The van der Waals surface area contributed by atoms with Gasteiger partial charge in [0.2, 0.25) is 0 Å². The fraction of sp³-hybridized carbons (Fsp3) is 1.00. The molecule has 0 aromatic heterocycles.